The highest BCUT2D eigenvalue weighted by atomic mass is 16.3. The molecule has 1 aromatic rings. The van der Waals surface area contributed by atoms with Gasteiger partial charge < -0.3 is 14.9 Å². The normalized spacial score (nSPS) is 27.7. The van der Waals surface area contributed by atoms with Crippen LogP contribution in [0.15, 0.2) is 30.3 Å². The van der Waals surface area contributed by atoms with Crippen molar-refractivity contribution in [3.8, 4) is 0 Å². The zero-order chi connectivity index (χ0) is 17.3. The third kappa shape index (κ3) is 3.03. The summed E-state index contributed by atoms with van der Waals surface area (Å²) < 4.78 is 0. The molecule has 0 unspecified atom stereocenters. The number of carbonyl (C=O) groups is 2. The van der Waals surface area contributed by atoms with Crippen LogP contribution in [0.3, 0.4) is 0 Å². The van der Waals surface area contributed by atoms with Crippen molar-refractivity contribution in [2.45, 2.75) is 25.4 Å². The number of aliphatic hydroxyl groups is 1. The minimum atomic E-state index is -0.448. The molecule has 1 N–H and O–H groups in total. The van der Waals surface area contributed by atoms with E-state index in [1.54, 1.807) is 11.8 Å². The maximum atomic E-state index is 12.7. The molecule has 2 heterocycles. The monoisotopic (exact) mass is 331 g/mol. The van der Waals surface area contributed by atoms with Crippen LogP contribution in [0, 0.1) is 0 Å². The Balaban J connectivity index is 1.78. The fourth-order valence-corrected chi connectivity index (χ4v) is 3.87. The Morgan fingerprint density at radius 3 is 2.46 bits per heavy atom. The lowest BCUT2D eigenvalue weighted by Gasteiger charge is -2.56. The van der Waals surface area contributed by atoms with Gasteiger partial charge in [0.15, 0.2) is 0 Å². The summed E-state index contributed by atoms with van der Waals surface area (Å²) in [5, 5.41) is 9.88. The van der Waals surface area contributed by atoms with Gasteiger partial charge in [-0.15, -0.1) is 0 Å². The molecule has 2 saturated heterocycles. The molecule has 6 heteroatoms. The molecule has 2 aliphatic heterocycles. The van der Waals surface area contributed by atoms with E-state index < -0.39 is 5.54 Å². The van der Waals surface area contributed by atoms with E-state index in [0.29, 0.717) is 38.3 Å². The Kier molecular flexibility index (Phi) is 4.60. The van der Waals surface area contributed by atoms with E-state index in [-0.39, 0.29) is 24.5 Å². The standard InChI is InChI=1S/C18H25N3O3/c1-14(23)20-11-16-10-19(17(24)15-6-4-3-5-7-15)8-9-21(16)18(2,12-20)13-22/h3-7,16,22H,8-13H2,1-2H3/t16-,18-/m0/s1. The summed E-state index contributed by atoms with van der Waals surface area (Å²) >= 11 is 0. The summed E-state index contributed by atoms with van der Waals surface area (Å²) in [4.78, 5) is 30.5. The van der Waals surface area contributed by atoms with Crippen LogP contribution in [-0.4, -0.2) is 82.5 Å². The molecule has 6 nitrogen and oxygen atoms in total. The molecule has 0 bridgehead atoms. The topological polar surface area (TPSA) is 64.1 Å². The first-order valence-electron chi connectivity index (χ1n) is 8.42. The van der Waals surface area contributed by atoms with Crippen molar-refractivity contribution < 1.29 is 14.7 Å². The van der Waals surface area contributed by atoms with E-state index in [2.05, 4.69) is 4.90 Å². The molecule has 0 spiro atoms. The van der Waals surface area contributed by atoms with Gasteiger partial charge in [-0.05, 0) is 19.1 Å². The van der Waals surface area contributed by atoms with E-state index in [4.69, 9.17) is 0 Å². The van der Waals surface area contributed by atoms with Crippen LogP contribution in [0.5, 0.6) is 0 Å². The predicted molar refractivity (Wildman–Crippen MR) is 90.6 cm³/mol. The second-order valence-corrected chi connectivity index (χ2v) is 7.02. The molecule has 24 heavy (non-hydrogen) atoms. The SMILES string of the molecule is CC(=O)N1C[C@@H]2CN(C(=O)c3ccccc3)CCN2[C@](C)(CO)C1. The second-order valence-electron chi connectivity index (χ2n) is 7.02. The fraction of sp³-hybridized carbons (Fsp3) is 0.556. The van der Waals surface area contributed by atoms with Gasteiger partial charge in [-0.1, -0.05) is 18.2 Å². The number of nitrogens with zero attached hydrogens (tertiary/aromatic N) is 3. The maximum absolute atomic E-state index is 12.7. The molecule has 2 amide bonds. The molecular formula is C18H25N3O3. The third-order valence-electron chi connectivity index (χ3n) is 5.23. The minimum absolute atomic E-state index is 0.0000876. The van der Waals surface area contributed by atoms with Crippen molar-refractivity contribution in [1.82, 2.24) is 14.7 Å². The van der Waals surface area contributed by atoms with Gasteiger partial charge in [-0.3, -0.25) is 14.5 Å². The Hall–Kier alpha value is -1.92. The molecule has 0 aromatic heterocycles. The predicted octanol–water partition coefficient (Wildman–Crippen LogP) is 0.426. The molecule has 2 fully saturated rings. The molecule has 2 atom stereocenters. The van der Waals surface area contributed by atoms with Gasteiger partial charge in [-0.2, -0.15) is 0 Å². The third-order valence-corrected chi connectivity index (χ3v) is 5.23. The molecule has 1 aromatic carbocycles. The molecule has 0 radical (unpaired) electrons. The fourth-order valence-electron chi connectivity index (χ4n) is 3.87. The van der Waals surface area contributed by atoms with Crippen molar-refractivity contribution in [3.63, 3.8) is 0 Å². The molecule has 3 rings (SSSR count). The van der Waals surface area contributed by atoms with Crippen molar-refractivity contribution >= 4 is 11.8 Å². The van der Waals surface area contributed by atoms with Gasteiger partial charge >= 0.3 is 0 Å². The van der Waals surface area contributed by atoms with E-state index >= 15 is 0 Å². The van der Waals surface area contributed by atoms with Gasteiger partial charge in [0, 0.05) is 51.3 Å². The van der Waals surface area contributed by atoms with Gasteiger partial charge in [-0.25, -0.2) is 0 Å². The molecule has 2 aliphatic rings. The Bertz CT molecular complexity index is 621. The van der Waals surface area contributed by atoms with Crippen molar-refractivity contribution in [2.24, 2.45) is 0 Å². The summed E-state index contributed by atoms with van der Waals surface area (Å²) in [6.07, 6.45) is 0. The van der Waals surface area contributed by atoms with E-state index in [1.807, 2.05) is 42.2 Å². The van der Waals surface area contributed by atoms with Gasteiger partial charge in [0.25, 0.3) is 5.91 Å². The lowest BCUT2D eigenvalue weighted by molar-refractivity contribution is -0.142. The summed E-state index contributed by atoms with van der Waals surface area (Å²) in [6.45, 7) is 6.61. The molecule has 0 saturated carbocycles. The van der Waals surface area contributed by atoms with Gasteiger partial charge in [0.05, 0.1) is 12.1 Å². The number of benzene rings is 1. The quantitative estimate of drug-likeness (QED) is 0.853. The van der Waals surface area contributed by atoms with Gasteiger partial charge in [0.2, 0.25) is 5.91 Å². The largest absolute Gasteiger partial charge is 0.394 e. The van der Waals surface area contributed by atoms with Gasteiger partial charge in [0.1, 0.15) is 0 Å². The highest BCUT2D eigenvalue weighted by Gasteiger charge is 2.46. The zero-order valence-electron chi connectivity index (χ0n) is 14.3. The summed E-state index contributed by atoms with van der Waals surface area (Å²) in [7, 11) is 0. The number of rotatable bonds is 2. The van der Waals surface area contributed by atoms with Crippen molar-refractivity contribution in [1.29, 1.82) is 0 Å². The highest BCUT2D eigenvalue weighted by Crippen LogP contribution is 2.28. The summed E-state index contributed by atoms with van der Waals surface area (Å²) in [6, 6.07) is 9.34. The summed E-state index contributed by atoms with van der Waals surface area (Å²) in [5.41, 5.74) is 0.242. The lowest BCUT2D eigenvalue weighted by atomic mass is 9.91. The van der Waals surface area contributed by atoms with Crippen LogP contribution in [0.1, 0.15) is 24.2 Å². The first-order valence-corrected chi connectivity index (χ1v) is 8.42. The van der Waals surface area contributed by atoms with Crippen LogP contribution in [0.25, 0.3) is 0 Å². The molecule has 0 aliphatic carbocycles. The molecular weight excluding hydrogens is 306 g/mol. The average molecular weight is 331 g/mol. The Labute approximate surface area is 142 Å². The number of fused-ring (bicyclic) bond motifs is 1. The smallest absolute Gasteiger partial charge is 0.253 e. The Morgan fingerprint density at radius 2 is 1.83 bits per heavy atom. The van der Waals surface area contributed by atoms with Crippen molar-refractivity contribution in [2.75, 3.05) is 39.3 Å². The van der Waals surface area contributed by atoms with Crippen LogP contribution in [0.4, 0.5) is 0 Å². The number of hydrogen-bond donors (Lipinski definition) is 1. The van der Waals surface area contributed by atoms with Crippen LogP contribution in [-0.2, 0) is 4.79 Å². The van der Waals surface area contributed by atoms with E-state index in [9.17, 15) is 14.7 Å². The number of piperazine rings is 2. The van der Waals surface area contributed by atoms with Crippen LogP contribution in [0.2, 0.25) is 0 Å². The highest BCUT2D eigenvalue weighted by molar-refractivity contribution is 5.94. The minimum Gasteiger partial charge on any atom is -0.394 e. The average Bonchev–Trinajstić information content (AvgIpc) is 2.61. The van der Waals surface area contributed by atoms with Crippen molar-refractivity contribution in [3.05, 3.63) is 35.9 Å². The summed E-state index contributed by atoms with van der Waals surface area (Å²) in [5.74, 6) is 0.0433. The number of aliphatic hydroxyl groups excluding tert-OH is 1. The number of amides is 2. The first kappa shape index (κ1) is 16.9. The zero-order valence-corrected chi connectivity index (χ0v) is 14.3. The van der Waals surface area contributed by atoms with E-state index in [1.165, 1.54) is 0 Å². The first-order chi connectivity index (χ1) is 11.4. The van der Waals surface area contributed by atoms with Crippen LogP contribution >= 0.6 is 0 Å². The molecule has 130 valence electrons. The van der Waals surface area contributed by atoms with E-state index in [0.717, 1.165) is 0 Å². The maximum Gasteiger partial charge on any atom is 0.253 e. The Morgan fingerprint density at radius 1 is 1.17 bits per heavy atom. The number of hydrogen-bond acceptors (Lipinski definition) is 4. The number of carbonyl (C=O) groups excluding carboxylic acids is 2. The lowest BCUT2D eigenvalue weighted by Crippen LogP contribution is -2.72. The second kappa shape index (κ2) is 6.53. The van der Waals surface area contributed by atoms with Crippen LogP contribution < -0.4 is 0 Å².